The van der Waals surface area contributed by atoms with E-state index in [1.807, 2.05) is 57.2 Å². The third-order valence-corrected chi connectivity index (χ3v) is 5.22. The molecule has 0 unspecified atom stereocenters. The molecule has 0 spiro atoms. The molecule has 1 fully saturated rings. The number of carbonyl (C=O) groups excluding carboxylic acids is 2. The van der Waals surface area contributed by atoms with Gasteiger partial charge in [0.25, 0.3) is 11.1 Å². The molecular formula is C22H23NO4S. The van der Waals surface area contributed by atoms with Crippen molar-refractivity contribution < 1.29 is 19.1 Å². The van der Waals surface area contributed by atoms with Crippen LogP contribution in [-0.4, -0.2) is 29.2 Å². The van der Waals surface area contributed by atoms with E-state index in [9.17, 15) is 9.59 Å². The second-order valence-electron chi connectivity index (χ2n) is 6.83. The van der Waals surface area contributed by atoms with Gasteiger partial charge in [-0.2, -0.15) is 0 Å². The van der Waals surface area contributed by atoms with Gasteiger partial charge in [0.15, 0.2) is 11.5 Å². The van der Waals surface area contributed by atoms with Gasteiger partial charge in [-0.05, 0) is 61.9 Å². The molecule has 2 aromatic carbocycles. The number of methoxy groups -OCH3 is 1. The fourth-order valence-electron chi connectivity index (χ4n) is 2.82. The predicted octanol–water partition coefficient (Wildman–Crippen LogP) is 5.03. The first-order valence-corrected chi connectivity index (χ1v) is 9.84. The van der Waals surface area contributed by atoms with Gasteiger partial charge in [-0.25, -0.2) is 0 Å². The van der Waals surface area contributed by atoms with Gasteiger partial charge in [-0.1, -0.05) is 35.9 Å². The van der Waals surface area contributed by atoms with Crippen LogP contribution in [0.25, 0.3) is 6.08 Å². The highest BCUT2D eigenvalue weighted by atomic mass is 32.2. The first-order valence-electron chi connectivity index (χ1n) is 9.02. The maximum absolute atomic E-state index is 12.4. The summed E-state index contributed by atoms with van der Waals surface area (Å²) in [5, 5.41) is -0.240. The van der Waals surface area contributed by atoms with Crippen molar-refractivity contribution in [3.63, 3.8) is 0 Å². The first kappa shape index (κ1) is 20.0. The molecule has 0 aromatic heterocycles. The lowest BCUT2D eigenvalue weighted by Gasteiger charge is -2.16. The van der Waals surface area contributed by atoms with Gasteiger partial charge in [0.2, 0.25) is 0 Å². The van der Waals surface area contributed by atoms with Crippen molar-refractivity contribution in [3.05, 3.63) is 64.1 Å². The summed E-state index contributed by atoms with van der Waals surface area (Å²) >= 11 is 0.958. The molecule has 0 radical (unpaired) electrons. The molecule has 1 aliphatic heterocycles. The Balaban J connectivity index is 1.77. The van der Waals surface area contributed by atoms with Crippen LogP contribution in [0.15, 0.2) is 47.4 Å². The quantitative estimate of drug-likeness (QED) is 0.640. The van der Waals surface area contributed by atoms with Gasteiger partial charge < -0.3 is 9.47 Å². The molecule has 1 heterocycles. The van der Waals surface area contributed by atoms with E-state index < -0.39 is 0 Å². The second kappa shape index (κ2) is 8.52. The monoisotopic (exact) mass is 397 g/mol. The van der Waals surface area contributed by atoms with Crippen molar-refractivity contribution in [1.82, 2.24) is 4.90 Å². The average molecular weight is 397 g/mol. The Morgan fingerprint density at radius 2 is 1.79 bits per heavy atom. The number of ether oxygens (including phenoxy) is 2. The Morgan fingerprint density at radius 3 is 2.39 bits per heavy atom. The topological polar surface area (TPSA) is 55.8 Å². The largest absolute Gasteiger partial charge is 0.493 e. The molecule has 6 heteroatoms. The normalized spacial score (nSPS) is 15.6. The highest BCUT2D eigenvalue weighted by Gasteiger charge is 2.36. The van der Waals surface area contributed by atoms with Gasteiger partial charge in [-0.15, -0.1) is 0 Å². The summed E-state index contributed by atoms with van der Waals surface area (Å²) in [7, 11) is 1.57. The van der Waals surface area contributed by atoms with Gasteiger partial charge in [0, 0.05) is 6.04 Å². The minimum atomic E-state index is -0.260. The van der Waals surface area contributed by atoms with Crippen molar-refractivity contribution >= 4 is 29.0 Å². The van der Waals surface area contributed by atoms with E-state index in [-0.39, 0.29) is 17.2 Å². The number of nitrogens with zero attached hydrogens (tertiary/aromatic N) is 1. The number of rotatable bonds is 6. The smallest absolute Gasteiger partial charge is 0.293 e. The van der Waals surface area contributed by atoms with Crippen molar-refractivity contribution in [1.29, 1.82) is 0 Å². The Bertz CT molecular complexity index is 919. The molecule has 28 heavy (non-hydrogen) atoms. The standard InChI is InChI=1S/C22H23NO4S/c1-14(2)23-21(24)20(28-22(23)25)12-17-9-10-18(19(11-17)26-4)27-13-16-7-5-15(3)6-8-16/h5-12,14H,13H2,1-4H3/b20-12+. The molecule has 1 saturated heterocycles. The van der Waals surface area contributed by atoms with Crippen LogP contribution in [-0.2, 0) is 11.4 Å². The highest BCUT2D eigenvalue weighted by Crippen LogP contribution is 2.35. The molecule has 3 rings (SSSR count). The van der Waals surface area contributed by atoms with E-state index in [0.29, 0.717) is 23.0 Å². The van der Waals surface area contributed by atoms with Crippen LogP contribution >= 0.6 is 11.8 Å². The number of hydrogen-bond acceptors (Lipinski definition) is 5. The van der Waals surface area contributed by atoms with Crippen LogP contribution in [0.1, 0.15) is 30.5 Å². The molecule has 0 N–H and O–H groups in total. The van der Waals surface area contributed by atoms with Crippen molar-refractivity contribution in [2.75, 3.05) is 7.11 Å². The summed E-state index contributed by atoms with van der Waals surface area (Å²) in [6.07, 6.45) is 1.71. The highest BCUT2D eigenvalue weighted by molar-refractivity contribution is 8.18. The van der Waals surface area contributed by atoms with Crippen LogP contribution in [0, 0.1) is 6.92 Å². The third-order valence-electron chi connectivity index (χ3n) is 4.34. The average Bonchev–Trinajstić information content (AvgIpc) is 2.95. The van der Waals surface area contributed by atoms with E-state index >= 15 is 0 Å². The fourth-order valence-corrected chi connectivity index (χ4v) is 3.78. The number of amides is 2. The summed E-state index contributed by atoms with van der Waals surface area (Å²) in [6, 6.07) is 13.4. The Labute approximate surface area is 169 Å². The number of imide groups is 1. The number of hydrogen-bond donors (Lipinski definition) is 0. The molecule has 0 bridgehead atoms. The van der Waals surface area contributed by atoms with Crippen LogP contribution < -0.4 is 9.47 Å². The molecular weight excluding hydrogens is 374 g/mol. The summed E-state index contributed by atoms with van der Waals surface area (Å²) in [5.41, 5.74) is 3.04. The summed E-state index contributed by atoms with van der Waals surface area (Å²) in [6.45, 7) is 6.12. The molecule has 2 aromatic rings. The van der Waals surface area contributed by atoms with E-state index in [1.165, 1.54) is 10.5 Å². The van der Waals surface area contributed by atoms with Crippen LogP contribution in [0.3, 0.4) is 0 Å². The van der Waals surface area contributed by atoms with Crippen LogP contribution in [0.5, 0.6) is 11.5 Å². The van der Waals surface area contributed by atoms with E-state index in [1.54, 1.807) is 19.3 Å². The van der Waals surface area contributed by atoms with E-state index in [0.717, 1.165) is 22.9 Å². The van der Waals surface area contributed by atoms with E-state index in [4.69, 9.17) is 9.47 Å². The second-order valence-corrected chi connectivity index (χ2v) is 7.82. The maximum Gasteiger partial charge on any atom is 0.293 e. The Hall–Kier alpha value is -2.73. The van der Waals surface area contributed by atoms with Gasteiger partial charge in [-0.3, -0.25) is 14.5 Å². The Morgan fingerprint density at radius 1 is 1.07 bits per heavy atom. The maximum atomic E-state index is 12.4. The molecule has 5 nitrogen and oxygen atoms in total. The zero-order valence-electron chi connectivity index (χ0n) is 16.4. The molecule has 0 saturated carbocycles. The molecule has 0 aliphatic carbocycles. The predicted molar refractivity (Wildman–Crippen MR) is 111 cm³/mol. The van der Waals surface area contributed by atoms with Gasteiger partial charge in [0.1, 0.15) is 6.61 Å². The molecule has 2 amide bonds. The van der Waals surface area contributed by atoms with Gasteiger partial charge >= 0.3 is 0 Å². The van der Waals surface area contributed by atoms with Crippen molar-refractivity contribution in [3.8, 4) is 11.5 Å². The van der Waals surface area contributed by atoms with E-state index in [2.05, 4.69) is 0 Å². The van der Waals surface area contributed by atoms with Crippen molar-refractivity contribution in [2.24, 2.45) is 0 Å². The lowest BCUT2D eigenvalue weighted by Crippen LogP contribution is -2.34. The third kappa shape index (κ3) is 4.39. The minimum absolute atomic E-state index is 0.162. The summed E-state index contributed by atoms with van der Waals surface area (Å²) < 4.78 is 11.3. The fraction of sp³-hybridized carbons (Fsp3) is 0.273. The zero-order chi connectivity index (χ0) is 20.3. The molecule has 1 aliphatic rings. The summed E-state index contributed by atoms with van der Waals surface area (Å²) in [4.78, 5) is 26.1. The summed E-state index contributed by atoms with van der Waals surface area (Å²) in [5.74, 6) is 0.933. The Kier molecular flexibility index (Phi) is 6.09. The minimum Gasteiger partial charge on any atom is -0.493 e. The van der Waals surface area contributed by atoms with Gasteiger partial charge in [0.05, 0.1) is 12.0 Å². The zero-order valence-corrected chi connectivity index (χ0v) is 17.2. The molecule has 146 valence electrons. The lowest BCUT2D eigenvalue weighted by molar-refractivity contribution is -0.123. The lowest BCUT2D eigenvalue weighted by atomic mass is 10.1. The first-order chi connectivity index (χ1) is 13.4. The van der Waals surface area contributed by atoms with Crippen LogP contribution in [0.4, 0.5) is 4.79 Å². The SMILES string of the molecule is COc1cc(/C=C2/SC(=O)N(C(C)C)C2=O)ccc1OCc1ccc(C)cc1. The number of aryl methyl sites for hydroxylation is 1. The number of thioether (sulfide) groups is 1. The van der Waals surface area contributed by atoms with Crippen molar-refractivity contribution in [2.45, 2.75) is 33.4 Å². The molecule has 0 atom stereocenters. The number of benzene rings is 2. The number of carbonyl (C=O) groups is 2. The van der Waals surface area contributed by atoms with Crippen LogP contribution in [0.2, 0.25) is 0 Å².